The number of halogens is 1. The lowest BCUT2D eigenvalue weighted by Gasteiger charge is -2.32. The van der Waals surface area contributed by atoms with Crippen molar-refractivity contribution in [3.05, 3.63) is 234 Å². The minimum absolute atomic E-state index is 0.234. The second-order valence-electron chi connectivity index (χ2n) is 15.3. The molecule has 0 saturated heterocycles. The number of allylic oxidation sites excluding steroid dienone is 1. The molecule has 0 saturated carbocycles. The van der Waals surface area contributed by atoms with Gasteiger partial charge in [0.1, 0.15) is 17.2 Å². The number of hydrogen-bond acceptors (Lipinski definition) is 2. The van der Waals surface area contributed by atoms with Gasteiger partial charge >= 0.3 is 0 Å². The summed E-state index contributed by atoms with van der Waals surface area (Å²) in [6.07, 6.45) is 5.89. The molecule has 2 nitrogen and oxygen atoms in total. The van der Waals surface area contributed by atoms with E-state index >= 15 is 4.39 Å². The lowest BCUT2D eigenvalue weighted by molar-refractivity contribution is 0.604. The molecule has 0 bridgehead atoms. The lowest BCUT2D eigenvalue weighted by atomic mass is 9.70. The zero-order valence-corrected chi connectivity index (χ0v) is 32.5. The predicted molar refractivity (Wildman–Crippen MR) is 243 cm³/mol. The van der Waals surface area contributed by atoms with E-state index in [1.807, 2.05) is 25.1 Å². The summed E-state index contributed by atoms with van der Waals surface area (Å²) in [5.74, 6) is 0.528. The van der Waals surface area contributed by atoms with Crippen LogP contribution in [0.4, 0.5) is 21.5 Å². The molecule has 0 fully saturated rings. The fourth-order valence-electron chi connectivity index (χ4n) is 9.85. The second-order valence-corrected chi connectivity index (χ2v) is 15.3. The first-order valence-corrected chi connectivity index (χ1v) is 20.1. The van der Waals surface area contributed by atoms with E-state index < -0.39 is 5.41 Å². The van der Waals surface area contributed by atoms with Crippen molar-refractivity contribution >= 4 is 40.2 Å². The minimum atomic E-state index is -0.680. The van der Waals surface area contributed by atoms with Crippen molar-refractivity contribution < 1.29 is 8.81 Å². The molecule has 1 spiro atoms. The first-order valence-electron chi connectivity index (χ1n) is 20.1. The number of nitrogens with zero attached hydrogens (tertiary/aromatic N) is 1. The Hall–Kier alpha value is -7.49. The third-order valence-corrected chi connectivity index (χ3v) is 12.3. The molecule has 1 heterocycles. The van der Waals surface area contributed by atoms with E-state index in [-0.39, 0.29) is 5.82 Å². The second kappa shape index (κ2) is 13.6. The van der Waals surface area contributed by atoms with Crippen LogP contribution < -0.4 is 4.90 Å². The van der Waals surface area contributed by atoms with Crippen LogP contribution in [0.1, 0.15) is 40.5 Å². The summed E-state index contributed by atoms with van der Waals surface area (Å²) in [6.45, 7) is 6.04. The molecule has 1 atom stereocenters. The number of fused-ring (bicyclic) bond motifs is 11. The van der Waals surface area contributed by atoms with Gasteiger partial charge in [0.2, 0.25) is 0 Å². The Kier molecular flexibility index (Phi) is 7.99. The zero-order valence-electron chi connectivity index (χ0n) is 32.5. The molecule has 0 radical (unpaired) electrons. The van der Waals surface area contributed by atoms with Gasteiger partial charge in [-0.2, -0.15) is 0 Å². The molecule has 11 rings (SSSR count). The molecule has 0 amide bonds. The third-order valence-electron chi connectivity index (χ3n) is 12.3. The number of benzene rings is 8. The molecule has 1 aromatic heterocycles. The fraction of sp³-hybridized carbons (Fsp3) is 0.0357. The molecule has 3 heteroatoms. The molecule has 280 valence electrons. The van der Waals surface area contributed by atoms with Crippen LogP contribution in [0.2, 0.25) is 0 Å². The van der Waals surface area contributed by atoms with Crippen LogP contribution in [0.5, 0.6) is 0 Å². The number of rotatable bonds is 7. The monoisotopic (exact) mass is 759 g/mol. The quantitative estimate of drug-likeness (QED) is 0.161. The molecule has 8 aromatic carbocycles. The molecule has 0 aliphatic heterocycles. The zero-order chi connectivity index (χ0) is 39.7. The highest BCUT2D eigenvalue weighted by molar-refractivity contribution is 6.02. The SMILES string of the molecule is C=Cc1oc2c(-c3ccc(N(c4ccc(-c5ccccc5)cc4)c4cccc5c4-c4ccccc4C54c5ccccc5-c5ccc(F)cc54)cc3)cccc2c1/C=C\C. The molecular formula is C56H38FNO. The van der Waals surface area contributed by atoms with Crippen LogP contribution in [0.15, 0.2) is 199 Å². The summed E-state index contributed by atoms with van der Waals surface area (Å²) in [5.41, 5.74) is 17.7. The summed E-state index contributed by atoms with van der Waals surface area (Å²) in [6, 6.07) is 63.6. The largest absolute Gasteiger partial charge is 0.455 e. The molecular weight excluding hydrogens is 722 g/mol. The molecule has 2 aliphatic rings. The number of furan rings is 1. The van der Waals surface area contributed by atoms with Gasteiger partial charge in [-0.25, -0.2) is 4.39 Å². The average Bonchev–Trinajstić information content (AvgIpc) is 3.91. The Morgan fingerprint density at radius 2 is 1.14 bits per heavy atom. The van der Waals surface area contributed by atoms with E-state index in [1.54, 1.807) is 18.2 Å². The lowest BCUT2D eigenvalue weighted by Crippen LogP contribution is -2.26. The van der Waals surface area contributed by atoms with Crippen molar-refractivity contribution in [1.29, 1.82) is 0 Å². The van der Waals surface area contributed by atoms with E-state index in [0.29, 0.717) is 0 Å². The topological polar surface area (TPSA) is 16.4 Å². The van der Waals surface area contributed by atoms with Gasteiger partial charge in [0, 0.05) is 33.5 Å². The Labute approximate surface area is 343 Å². The van der Waals surface area contributed by atoms with Crippen molar-refractivity contribution in [2.24, 2.45) is 0 Å². The molecule has 1 unspecified atom stereocenters. The van der Waals surface area contributed by atoms with Crippen LogP contribution in [-0.2, 0) is 5.41 Å². The van der Waals surface area contributed by atoms with Crippen molar-refractivity contribution in [2.75, 3.05) is 4.90 Å². The summed E-state index contributed by atoms with van der Waals surface area (Å²) >= 11 is 0. The van der Waals surface area contributed by atoms with Crippen molar-refractivity contribution in [3.63, 3.8) is 0 Å². The van der Waals surface area contributed by atoms with Gasteiger partial charge in [0.15, 0.2) is 0 Å². The number of anilines is 3. The van der Waals surface area contributed by atoms with E-state index in [2.05, 4.69) is 175 Å². The highest BCUT2D eigenvalue weighted by Crippen LogP contribution is 2.64. The molecule has 9 aromatic rings. The summed E-state index contributed by atoms with van der Waals surface area (Å²) < 4.78 is 21.9. The van der Waals surface area contributed by atoms with E-state index in [4.69, 9.17) is 4.42 Å². The Morgan fingerprint density at radius 3 is 1.86 bits per heavy atom. The average molecular weight is 760 g/mol. The first kappa shape index (κ1) is 34.7. The van der Waals surface area contributed by atoms with Crippen molar-refractivity contribution in [2.45, 2.75) is 12.3 Å². The number of hydrogen-bond donors (Lipinski definition) is 0. The van der Waals surface area contributed by atoms with E-state index in [1.165, 1.54) is 11.1 Å². The first-order chi connectivity index (χ1) is 29.1. The maximum absolute atomic E-state index is 15.5. The standard InChI is InChI=1S/C56H38FNO/c1-3-14-45-46-20-12-19-42(55(46)59-53(45)4-2)38-27-32-41(33-28-38)58(40-30-25-37(26-31-40)36-15-6-5-7-16-36)52-24-13-23-50-54(52)47-18-9-11-22-49(47)56(50)48-21-10-8-17-43(48)44-34-29-39(57)35-51(44)56/h3-35H,2H2,1H3/b14-3-. The van der Waals surface area contributed by atoms with E-state index in [9.17, 15) is 0 Å². The van der Waals surface area contributed by atoms with Crippen LogP contribution in [0.25, 0.3) is 67.6 Å². The van der Waals surface area contributed by atoms with Crippen LogP contribution in [-0.4, -0.2) is 0 Å². The van der Waals surface area contributed by atoms with Gasteiger partial charge in [-0.3, -0.25) is 0 Å². The predicted octanol–water partition coefficient (Wildman–Crippen LogP) is 15.4. The Morgan fingerprint density at radius 1 is 0.542 bits per heavy atom. The van der Waals surface area contributed by atoms with Gasteiger partial charge in [0.05, 0.1) is 11.1 Å². The van der Waals surface area contributed by atoms with Gasteiger partial charge in [-0.15, -0.1) is 0 Å². The summed E-state index contributed by atoms with van der Waals surface area (Å²) in [4.78, 5) is 2.37. The molecule has 59 heavy (non-hydrogen) atoms. The van der Waals surface area contributed by atoms with Crippen LogP contribution in [0.3, 0.4) is 0 Å². The highest BCUT2D eigenvalue weighted by atomic mass is 19.1. The van der Waals surface area contributed by atoms with Gasteiger partial charge in [0.25, 0.3) is 0 Å². The summed E-state index contributed by atoms with van der Waals surface area (Å²) in [7, 11) is 0. The number of para-hydroxylation sites is 1. The normalized spacial score (nSPS) is 14.7. The molecule has 0 N–H and O–H groups in total. The third kappa shape index (κ3) is 5.11. The van der Waals surface area contributed by atoms with Gasteiger partial charge in [-0.1, -0.05) is 158 Å². The van der Waals surface area contributed by atoms with Crippen molar-refractivity contribution in [1.82, 2.24) is 0 Å². The van der Waals surface area contributed by atoms with Crippen molar-refractivity contribution in [3.8, 4) is 44.5 Å². The Balaban J connectivity index is 1.13. The minimum Gasteiger partial charge on any atom is -0.455 e. The maximum Gasteiger partial charge on any atom is 0.143 e. The molecule has 2 aliphatic carbocycles. The summed E-state index contributed by atoms with van der Waals surface area (Å²) in [5, 5.41) is 1.06. The van der Waals surface area contributed by atoms with Crippen LogP contribution in [0, 0.1) is 5.82 Å². The van der Waals surface area contributed by atoms with Gasteiger partial charge in [-0.05, 0) is 111 Å². The Bertz CT molecular complexity index is 3140. The highest BCUT2D eigenvalue weighted by Gasteiger charge is 2.52. The van der Waals surface area contributed by atoms with Crippen LogP contribution >= 0.6 is 0 Å². The van der Waals surface area contributed by atoms with E-state index in [0.717, 1.165) is 95.0 Å². The maximum atomic E-state index is 15.5. The fourth-order valence-corrected chi connectivity index (χ4v) is 9.85. The smallest absolute Gasteiger partial charge is 0.143 e. The van der Waals surface area contributed by atoms with Gasteiger partial charge < -0.3 is 9.32 Å².